The van der Waals surface area contributed by atoms with Crippen LogP contribution in [0.15, 0.2) is 34.9 Å². The number of anilines is 1. The average molecular weight is 327 g/mol. The van der Waals surface area contributed by atoms with Crippen LogP contribution >= 0.6 is 15.9 Å². The van der Waals surface area contributed by atoms with Crippen LogP contribution < -0.4 is 15.2 Å². The molecule has 0 aliphatic rings. The van der Waals surface area contributed by atoms with Crippen LogP contribution in [0.4, 0.5) is 10.1 Å². The third-order valence-electron chi connectivity index (χ3n) is 2.30. The largest absolute Gasteiger partial charge is 0.488 e. The Morgan fingerprint density at radius 2 is 2.16 bits per heavy atom. The van der Waals surface area contributed by atoms with Gasteiger partial charge in [0.05, 0.1) is 16.8 Å². The molecule has 0 aliphatic carbocycles. The number of nitrogen functional groups attached to an aromatic ring is 1. The quantitative estimate of drug-likeness (QED) is 0.869. The van der Waals surface area contributed by atoms with E-state index in [1.165, 1.54) is 12.1 Å². The number of aromatic nitrogens is 1. The maximum Gasteiger partial charge on any atom is 0.262 e. The van der Waals surface area contributed by atoms with Gasteiger partial charge in [0.15, 0.2) is 11.5 Å². The summed E-state index contributed by atoms with van der Waals surface area (Å²) in [5, 5.41) is 0. The molecule has 6 heteroatoms. The SMILES string of the molecule is CCOc1cccnc1Oc1cc(F)c(Br)cc1N. The number of halogens is 2. The van der Waals surface area contributed by atoms with E-state index in [0.717, 1.165) is 0 Å². The first-order valence-electron chi connectivity index (χ1n) is 5.62. The second kappa shape index (κ2) is 5.88. The molecule has 0 amide bonds. The minimum atomic E-state index is -0.460. The average Bonchev–Trinajstić information content (AvgIpc) is 2.38. The van der Waals surface area contributed by atoms with Gasteiger partial charge in [-0.2, -0.15) is 0 Å². The molecule has 1 heterocycles. The molecule has 0 saturated heterocycles. The van der Waals surface area contributed by atoms with E-state index in [0.29, 0.717) is 18.0 Å². The first-order chi connectivity index (χ1) is 9.11. The van der Waals surface area contributed by atoms with Crippen LogP contribution in [0.2, 0.25) is 0 Å². The lowest BCUT2D eigenvalue weighted by atomic mass is 10.3. The minimum absolute atomic E-state index is 0.195. The van der Waals surface area contributed by atoms with Crippen molar-refractivity contribution in [2.45, 2.75) is 6.92 Å². The first kappa shape index (κ1) is 13.6. The van der Waals surface area contributed by atoms with Crippen LogP contribution in [0.5, 0.6) is 17.4 Å². The summed E-state index contributed by atoms with van der Waals surface area (Å²) < 4.78 is 24.6. The predicted molar refractivity (Wildman–Crippen MR) is 74.0 cm³/mol. The molecule has 0 saturated carbocycles. The highest BCUT2D eigenvalue weighted by Crippen LogP contribution is 2.34. The molecule has 0 bridgehead atoms. The zero-order chi connectivity index (χ0) is 13.8. The Hall–Kier alpha value is -1.82. The van der Waals surface area contributed by atoms with Crippen molar-refractivity contribution in [1.82, 2.24) is 4.98 Å². The third-order valence-corrected chi connectivity index (χ3v) is 2.90. The van der Waals surface area contributed by atoms with E-state index < -0.39 is 5.82 Å². The minimum Gasteiger partial charge on any atom is -0.488 e. The van der Waals surface area contributed by atoms with Gasteiger partial charge in [0.1, 0.15) is 5.82 Å². The Balaban J connectivity index is 2.33. The van der Waals surface area contributed by atoms with Crippen molar-refractivity contribution in [2.75, 3.05) is 12.3 Å². The van der Waals surface area contributed by atoms with Crippen LogP contribution in [0.3, 0.4) is 0 Å². The molecule has 4 nitrogen and oxygen atoms in total. The molecule has 2 aromatic rings. The molecule has 19 heavy (non-hydrogen) atoms. The number of benzene rings is 1. The number of rotatable bonds is 4. The van der Waals surface area contributed by atoms with Gasteiger partial charge in [0.25, 0.3) is 5.88 Å². The molecule has 0 atom stereocenters. The van der Waals surface area contributed by atoms with Crippen molar-refractivity contribution >= 4 is 21.6 Å². The number of nitrogens with two attached hydrogens (primary N) is 1. The Morgan fingerprint density at radius 3 is 2.89 bits per heavy atom. The lowest BCUT2D eigenvalue weighted by molar-refractivity contribution is 0.316. The topological polar surface area (TPSA) is 57.4 Å². The van der Waals surface area contributed by atoms with E-state index in [-0.39, 0.29) is 16.1 Å². The highest BCUT2D eigenvalue weighted by Gasteiger charge is 2.12. The van der Waals surface area contributed by atoms with E-state index in [1.807, 2.05) is 6.92 Å². The maximum atomic E-state index is 13.5. The summed E-state index contributed by atoms with van der Waals surface area (Å²) in [7, 11) is 0. The van der Waals surface area contributed by atoms with Gasteiger partial charge in [-0.15, -0.1) is 0 Å². The normalized spacial score (nSPS) is 10.3. The van der Waals surface area contributed by atoms with E-state index in [1.54, 1.807) is 18.3 Å². The van der Waals surface area contributed by atoms with Crippen molar-refractivity contribution in [3.05, 3.63) is 40.8 Å². The number of ether oxygens (including phenoxy) is 2. The van der Waals surface area contributed by atoms with Crippen LogP contribution in [0, 0.1) is 5.82 Å². The molecule has 0 fully saturated rings. The highest BCUT2D eigenvalue weighted by molar-refractivity contribution is 9.10. The van der Waals surface area contributed by atoms with Crippen LogP contribution in [0.25, 0.3) is 0 Å². The Morgan fingerprint density at radius 1 is 1.37 bits per heavy atom. The van der Waals surface area contributed by atoms with Gasteiger partial charge in [0.2, 0.25) is 0 Å². The van der Waals surface area contributed by atoms with Gasteiger partial charge in [-0.1, -0.05) is 0 Å². The van der Waals surface area contributed by atoms with Crippen molar-refractivity contribution in [1.29, 1.82) is 0 Å². The van der Waals surface area contributed by atoms with Gasteiger partial charge in [-0.25, -0.2) is 9.37 Å². The standard InChI is InChI=1S/C13H12BrFN2O2/c1-2-18-11-4-3-5-17-13(11)19-12-7-9(15)8(14)6-10(12)16/h3-7H,2,16H2,1H3. The van der Waals surface area contributed by atoms with Crippen molar-refractivity contribution in [2.24, 2.45) is 0 Å². The lowest BCUT2D eigenvalue weighted by Gasteiger charge is -2.12. The zero-order valence-electron chi connectivity index (χ0n) is 10.2. The van der Waals surface area contributed by atoms with Gasteiger partial charge in [-0.05, 0) is 41.1 Å². The Labute approximate surface area is 118 Å². The van der Waals surface area contributed by atoms with Crippen molar-refractivity contribution in [3.63, 3.8) is 0 Å². The zero-order valence-corrected chi connectivity index (χ0v) is 11.8. The molecule has 1 aromatic carbocycles. The Kier molecular flexibility index (Phi) is 4.21. The third kappa shape index (κ3) is 3.14. The summed E-state index contributed by atoms with van der Waals surface area (Å²) in [6, 6.07) is 6.08. The van der Waals surface area contributed by atoms with Crippen molar-refractivity contribution < 1.29 is 13.9 Å². The summed E-state index contributed by atoms with van der Waals surface area (Å²) in [6.07, 6.45) is 1.56. The number of hydrogen-bond acceptors (Lipinski definition) is 4. The second-order valence-corrected chi connectivity index (χ2v) is 4.50. The fourth-order valence-corrected chi connectivity index (χ4v) is 1.82. The van der Waals surface area contributed by atoms with E-state index >= 15 is 0 Å². The Bertz CT molecular complexity index is 593. The van der Waals surface area contributed by atoms with Gasteiger partial charge >= 0.3 is 0 Å². The summed E-state index contributed by atoms with van der Waals surface area (Å²) >= 11 is 3.05. The fraction of sp³-hybridized carbons (Fsp3) is 0.154. The highest BCUT2D eigenvalue weighted by atomic mass is 79.9. The van der Waals surface area contributed by atoms with Crippen molar-refractivity contribution in [3.8, 4) is 17.4 Å². The number of pyridine rings is 1. The molecule has 2 N–H and O–H groups in total. The number of nitrogens with zero attached hydrogens (tertiary/aromatic N) is 1. The first-order valence-corrected chi connectivity index (χ1v) is 6.41. The summed E-state index contributed by atoms with van der Waals surface area (Å²) in [5.41, 5.74) is 6.08. The second-order valence-electron chi connectivity index (χ2n) is 3.65. The van der Waals surface area contributed by atoms with E-state index in [4.69, 9.17) is 15.2 Å². The summed E-state index contributed by atoms with van der Waals surface area (Å²) in [4.78, 5) is 4.05. The number of hydrogen-bond donors (Lipinski definition) is 1. The summed E-state index contributed by atoms with van der Waals surface area (Å²) in [5.74, 6) is 0.462. The molecule has 0 unspecified atom stereocenters. The fourth-order valence-electron chi connectivity index (χ4n) is 1.45. The maximum absolute atomic E-state index is 13.5. The van der Waals surface area contributed by atoms with Gasteiger partial charge < -0.3 is 15.2 Å². The monoisotopic (exact) mass is 326 g/mol. The smallest absolute Gasteiger partial charge is 0.262 e. The molecule has 1 aromatic heterocycles. The van der Waals surface area contributed by atoms with E-state index in [9.17, 15) is 4.39 Å². The predicted octanol–water partition coefficient (Wildman–Crippen LogP) is 3.76. The summed E-state index contributed by atoms with van der Waals surface area (Å²) in [6.45, 7) is 2.33. The molecule has 100 valence electrons. The molecular weight excluding hydrogens is 315 g/mol. The molecule has 2 rings (SSSR count). The van der Waals surface area contributed by atoms with E-state index in [2.05, 4.69) is 20.9 Å². The van der Waals surface area contributed by atoms with Crippen LogP contribution in [-0.2, 0) is 0 Å². The lowest BCUT2D eigenvalue weighted by Crippen LogP contribution is -1.99. The molecule has 0 aliphatic heterocycles. The molecular formula is C13H12BrFN2O2. The molecule has 0 spiro atoms. The van der Waals surface area contributed by atoms with Gasteiger partial charge in [0, 0.05) is 12.3 Å². The van der Waals surface area contributed by atoms with Crippen LogP contribution in [-0.4, -0.2) is 11.6 Å². The van der Waals surface area contributed by atoms with Gasteiger partial charge in [-0.3, -0.25) is 0 Å². The van der Waals surface area contributed by atoms with Crippen LogP contribution in [0.1, 0.15) is 6.92 Å². The molecule has 0 radical (unpaired) electrons.